The molecule has 5 nitrogen and oxygen atoms in total. The number of hydrogen-bond donors (Lipinski definition) is 2. The summed E-state index contributed by atoms with van der Waals surface area (Å²) in [5.41, 5.74) is 6.10. The average Bonchev–Trinajstić information content (AvgIpc) is 2.36. The second kappa shape index (κ2) is 7.84. The largest absolute Gasteiger partial charge is 0.476 e. The molecule has 0 bridgehead atoms. The van der Waals surface area contributed by atoms with Gasteiger partial charge in [0, 0.05) is 6.54 Å². The van der Waals surface area contributed by atoms with Gasteiger partial charge in [-0.2, -0.15) is 4.98 Å². The highest BCUT2D eigenvalue weighted by Gasteiger charge is 2.15. The number of ether oxygens (including phenoxy) is 1. The van der Waals surface area contributed by atoms with Crippen molar-refractivity contribution in [2.45, 2.75) is 20.3 Å². The molecule has 1 aromatic heterocycles. The Morgan fingerprint density at radius 2 is 2.10 bits per heavy atom. The molecule has 0 saturated carbocycles. The Labute approximate surface area is 117 Å². The summed E-state index contributed by atoms with van der Waals surface area (Å²) in [4.78, 5) is 5.45. The van der Waals surface area contributed by atoms with Gasteiger partial charge >= 0.3 is 0 Å². The van der Waals surface area contributed by atoms with Crippen molar-refractivity contribution >= 4 is 11.5 Å². The third-order valence-corrected chi connectivity index (χ3v) is 2.48. The molecule has 0 aliphatic carbocycles. The lowest BCUT2D eigenvalue weighted by Crippen LogP contribution is -2.32. The van der Waals surface area contributed by atoms with E-state index in [1.54, 1.807) is 6.07 Å². The summed E-state index contributed by atoms with van der Waals surface area (Å²) in [6, 6.07) is 3.10. The molecular weight excluding hydrogens is 268 g/mol. The zero-order chi connectivity index (χ0) is 15.1. The van der Waals surface area contributed by atoms with Crippen LogP contribution in [0.5, 0.6) is 5.88 Å². The first-order chi connectivity index (χ1) is 9.43. The summed E-state index contributed by atoms with van der Waals surface area (Å²) in [6.07, 6.45) is -2.51. The summed E-state index contributed by atoms with van der Waals surface area (Å²) < 4.78 is 30.5. The maximum Gasteiger partial charge on any atom is 0.255 e. The number of rotatable bonds is 8. The number of aliphatic hydroxyl groups is 1. The lowest BCUT2D eigenvalue weighted by Gasteiger charge is -2.23. The van der Waals surface area contributed by atoms with Gasteiger partial charge < -0.3 is 20.5 Å². The van der Waals surface area contributed by atoms with Gasteiger partial charge in [0.15, 0.2) is 0 Å². The zero-order valence-corrected chi connectivity index (χ0v) is 11.7. The Bertz CT molecular complexity index is 417. The Morgan fingerprint density at radius 3 is 2.65 bits per heavy atom. The number of alkyl halides is 2. The molecule has 0 radical (unpaired) electrons. The van der Waals surface area contributed by atoms with Crippen LogP contribution < -0.4 is 15.4 Å². The summed E-state index contributed by atoms with van der Waals surface area (Å²) in [5.74, 6) is 0.843. The topological polar surface area (TPSA) is 71.6 Å². The lowest BCUT2D eigenvalue weighted by atomic mass is 10.2. The van der Waals surface area contributed by atoms with Gasteiger partial charge in [0.1, 0.15) is 5.82 Å². The predicted octanol–water partition coefficient (Wildman–Crippen LogP) is 1.76. The number of nitrogens with zero attached hydrogens (tertiary/aromatic N) is 2. The van der Waals surface area contributed by atoms with E-state index in [4.69, 9.17) is 15.6 Å². The maximum absolute atomic E-state index is 12.5. The van der Waals surface area contributed by atoms with E-state index in [1.807, 2.05) is 13.8 Å². The summed E-state index contributed by atoms with van der Waals surface area (Å²) >= 11 is 0. The minimum absolute atomic E-state index is 0.0743. The van der Waals surface area contributed by atoms with Crippen LogP contribution in [0.25, 0.3) is 0 Å². The number of anilines is 2. The molecule has 0 saturated heterocycles. The monoisotopic (exact) mass is 289 g/mol. The molecule has 20 heavy (non-hydrogen) atoms. The fraction of sp³-hybridized carbons (Fsp3) is 0.615. The van der Waals surface area contributed by atoms with E-state index in [-0.39, 0.29) is 19.0 Å². The Balaban J connectivity index is 2.89. The molecule has 0 aromatic carbocycles. The molecule has 0 atom stereocenters. The molecule has 114 valence electrons. The quantitative estimate of drug-likeness (QED) is 0.763. The first-order valence-electron chi connectivity index (χ1n) is 6.47. The molecule has 0 unspecified atom stereocenters. The van der Waals surface area contributed by atoms with Crippen molar-refractivity contribution in [3.05, 3.63) is 12.1 Å². The maximum atomic E-state index is 12.5. The zero-order valence-electron chi connectivity index (χ0n) is 11.7. The SMILES string of the molecule is CC(C)COc1nc(N(CCO)CC(F)F)ccc1N. The number of halogens is 2. The van der Waals surface area contributed by atoms with Crippen molar-refractivity contribution in [2.75, 3.05) is 36.9 Å². The van der Waals surface area contributed by atoms with Gasteiger partial charge in [-0.3, -0.25) is 0 Å². The summed E-state index contributed by atoms with van der Waals surface area (Å²) in [5, 5.41) is 8.94. The molecule has 0 aliphatic heterocycles. The van der Waals surface area contributed by atoms with Crippen LogP contribution in [0.1, 0.15) is 13.8 Å². The molecule has 1 heterocycles. The fourth-order valence-corrected chi connectivity index (χ4v) is 1.57. The van der Waals surface area contributed by atoms with Crippen LogP contribution in [0, 0.1) is 5.92 Å². The van der Waals surface area contributed by atoms with Crippen LogP contribution in [0.15, 0.2) is 12.1 Å². The molecule has 1 aromatic rings. The third-order valence-electron chi connectivity index (χ3n) is 2.48. The van der Waals surface area contributed by atoms with Crippen LogP contribution >= 0.6 is 0 Å². The highest BCUT2D eigenvalue weighted by Crippen LogP contribution is 2.24. The number of aromatic nitrogens is 1. The van der Waals surface area contributed by atoms with Gasteiger partial charge in [-0.15, -0.1) is 0 Å². The summed E-state index contributed by atoms with van der Waals surface area (Å²) in [7, 11) is 0. The van der Waals surface area contributed by atoms with Gasteiger partial charge in [0.05, 0.1) is 25.4 Å². The number of aliphatic hydroxyl groups excluding tert-OH is 1. The number of hydrogen-bond acceptors (Lipinski definition) is 5. The minimum Gasteiger partial charge on any atom is -0.476 e. The number of nitrogen functional groups attached to an aromatic ring is 1. The van der Waals surface area contributed by atoms with Gasteiger partial charge in [-0.1, -0.05) is 13.8 Å². The van der Waals surface area contributed by atoms with Crippen molar-refractivity contribution in [3.8, 4) is 5.88 Å². The second-order valence-electron chi connectivity index (χ2n) is 4.83. The molecular formula is C13H21F2N3O2. The fourth-order valence-electron chi connectivity index (χ4n) is 1.57. The van der Waals surface area contributed by atoms with Gasteiger partial charge in [0.25, 0.3) is 6.43 Å². The standard InChI is InChI=1S/C13H21F2N3O2/c1-9(2)8-20-13-10(16)3-4-12(17-13)18(5-6-19)7-11(14)15/h3-4,9,11,19H,5-8,16H2,1-2H3. The van der Waals surface area contributed by atoms with E-state index in [0.29, 0.717) is 24.0 Å². The average molecular weight is 289 g/mol. The molecule has 0 aliphatic rings. The second-order valence-corrected chi connectivity index (χ2v) is 4.83. The first-order valence-corrected chi connectivity index (χ1v) is 6.47. The Hall–Kier alpha value is -1.63. The predicted molar refractivity (Wildman–Crippen MR) is 74.3 cm³/mol. The molecule has 3 N–H and O–H groups in total. The molecule has 0 amide bonds. The summed E-state index contributed by atoms with van der Waals surface area (Å²) in [6.45, 7) is 3.74. The van der Waals surface area contributed by atoms with Crippen molar-refractivity contribution in [3.63, 3.8) is 0 Å². The van der Waals surface area contributed by atoms with E-state index in [0.717, 1.165) is 0 Å². The van der Waals surface area contributed by atoms with E-state index < -0.39 is 13.0 Å². The van der Waals surface area contributed by atoms with Crippen molar-refractivity contribution in [1.82, 2.24) is 4.98 Å². The smallest absolute Gasteiger partial charge is 0.255 e. The van der Waals surface area contributed by atoms with E-state index in [9.17, 15) is 8.78 Å². The van der Waals surface area contributed by atoms with Gasteiger partial charge in [0.2, 0.25) is 5.88 Å². The number of nitrogens with two attached hydrogens (primary N) is 1. The van der Waals surface area contributed by atoms with Crippen LogP contribution in [0.2, 0.25) is 0 Å². The van der Waals surface area contributed by atoms with Crippen LogP contribution in [0.3, 0.4) is 0 Å². The van der Waals surface area contributed by atoms with E-state index in [1.165, 1.54) is 11.0 Å². The van der Waals surface area contributed by atoms with E-state index >= 15 is 0 Å². The van der Waals surface area contributed by atoms with Crippen LogP contribution in [-0.2, 0) is 0 Å². The lowest BCUT2D eigenvalue weighted by molar-refractivity contribution is 0.152. The molecule has 0 fully saturated rings. The molecule has 7 heteroatoms. The molecule has 1 rings (SSSR count). The highest BCUT2D eigenvalue weighted by atomic mass is 19.3. The van der Waals surface area contributed by atoms with Crippen molar-refractivity contribution in [2.24, 2.45) is 5.92 Å². The third kappa shape index (κ3) is 5.16. The van der Waals surface area contributed by atoms with Gasteiger partial charge in [-0.25, -0.2) is 8.78 Å². The molecule has 0 spiro atoms. The highest BCUT2D eigenvalue weighted by molar-refractivity contribution is 5.54. The van der Waals surface area contributed by atoms with Crippen LogP contribution in [0.4, 0.5) is 20.3 Å². The van der Waals surface area contributed by atoms with Crippen molar-refractivity contribution < 1.29 is 18.6 Å². The minimum atomic E-state index is -2.51. The normalized spacial score (nSPS) is 11.2. The van der Waals surface area contributed by atoms with Crippen LogP contribution in [-0.4, -0.2) is 42.8 Å². The van der Waals surface area contributed by atoms with E-state index in [2.05, 4.69) is 4.98 Å². The first kappa shape index (κ1) is 16.4. The Kier molecular flexibility index (Phi) is 6.44. The Morgan fingerprint density at radius 1 is 1.40 bits per heavy atom. The van der Waals surface area contributed by atoms with Gasteiger partial charge in [-0.05, 0) is 18.1 Å². The van der Waals surface area contributed by atoms with Crippen molar-refractivity contribution in [1.29, 1.82) is 0 Å². The number of pyridine rings is 1.